The molecule has 1 aliphatic heterocycles. The van der Waals surface area contributed by atoms with E-state index in [0.717, 1.165) is 23.7 Å². The van der Waals surface area contributed by atoms with Gasteiger partial charge in [0.2, 0.25) is 0 Å². The van der Waals surface area contributed by atoms with Crippen molar-refractivity contribution in [2.75, 3.05) is 19.9 Å². The lowest BCUT2D eigenvalue weighted by Gasteiger charge is -2.31. The quantitative estimate of drug-likeness (QED) is 0.737. The van der Waals surface area contributed by atoms with Gasteiger partial charge in [0.25, 0.3) is 0 Å². The fourth-order valence-corrected chi connectivity index (χ4v) is 2.66. The summed E-state index contributed by atoms with van der Waals surface area (Å²) in [6.07, 6.45) is 3.88. The number of esters is 1. The Morgan fingerprint density at radius 2 is 2.17 bits per heavy atom. The Morgan fingerprint density at radius 3 is 2.67 bits per heavy atom. The van der Waals surface area contributed by atoms with E-state index in [1.165, 1.54) is 0 Å². The van der Waals surface area contributed by atoms with Gasteiger partial charge in [-0.3, -0.25) is 4.99 Å². The average Bonchev–Trinajstić information content (AvgIpc) is 2.34. The number of aliphatic imine (C=N–C) groups is 1. The summed E-state index contributed by atoms with van der Waals surface area (Å²) in [6.45, 7) is 6.29. The van der Waals surface area contributed by atoms with Crippen molar-refractivity contribution in [3.63, 3.8) is 0 Å². The monoisotopic (exact) mass is 270 g/mol. The van der Waals surface area contributed by atoms with Gasteiger partial charge in [-0.25, -0.2) is 4.79 Å². The molecule has 18 heavy (non-hydrogen) atoms. The second-order valence-corrected chi connectivity index (χ2v) is 4.97. The van der Waals surface area contributed by atoms with Crippen molar-refractivity contribution < 1.29 is 9.53 Å². The topological polar surface area (TPSA) is 41.9 Å². The first kappa shape index (κ1) is 15.1. The number of thioether (sulfide) groups is 1. The van der Waals surface area contributed by atoms with Gasteiger partial charge in [0.1, 0.15) is 0 Å². The Kier molecular flexibility index (Phi) is 5.72. The summed E-state index contributed by atoms with van der Waals surface area (Å²) >= 11 is 1.60. The molecule has 0 saturated carbocycles. The van der Waals surface area contributed by atoms with E-state index in [4.69, 9.17) is 4.74 Å². The van der Waals surface area contributed by atoms with Crippen LogP contribution in [0.25, 0.3) is 0 Å². The first-order valence-corrected chi connectivity index (χ1v) is 7.52. The number of allylic oxidation sites excluding steroid dienone is 1. The number of carbonyl (C=O) groups is 1. The van der Waals surface area contributed by atoms with Crippen LogP contribution >= 0.6 is 11.8 Å². The fraction of sp³-hybridized carbons (Fsp3) is 0.692. The molecule has 0 amide bonds. The van der Waals surface area contributed by atoms with Crippen LogP contribution in [0.3, 0.4) is 0 Å². The lowest BCUT2D eigenvalue weighted by molar-refractivity contribution is -0.139. The number of ether oxygens (including phenoxy) is 1. The van der Waals surface area contributed by atoms with E-state index in [1.54, 1.807) is 11.8 Å². The van der Waals surface area contributed by atoms with E-state index in [0.29, 0.717) is 12.2 Å². The van der Waals surface area contributed by atoms with Gasteiger partial charge in [-0.1, -0.05) is 25.1 Å². The van der Waals surface area contributed by atoms with Crippen LogP contribution in [0.1, 0.15) is 33.6 Å². The van der Waals surface area contributed by atoms with Gasteiger partial charge < -0.3 is 9.64 Å². The first-order chi connectivity index (χ1) is 8.56. The molecule has 1 atom stereocenters. The largest absolute Gasteiger partial charge is 0.463 e. The number of carbonyl (C=O) groups excluding carboxylic acids is 1. The molecule has 0 aromatic heterocycles. The highest BCUT2D eigenvalue weighted by molar-refractivity contribution is 8.13. The zero-order valence-corrected chi connectivity index (χ0v) is 12.6. The van der Waals surface area contributed by atoms with Crippen molar-refractivity contribution in [3.8, 4) is 0 Å². The molecule has 102 valence electrons. The standard InChI is InChI=1S/C13H22N2O2S/c1-6-8-10-11(12(16)17-7-2)9(3)15(4)13(14-10)18-5/h10H,6-8H2,1-5H3/t10-/m1/s1. The highest BCUT2D eigenvalue weighted by Crippen LogP contribution is 2.27. The molecule has 4 nitrogen and oxygen atoms in total. The summed E-state index contributed by atoms with van der Waals surface area (Å²) < 4.78 is 5.15. The van der Waals surface area contributed by atoms with Gasteiger partial charge in [-0.05, 0) is 26.5 Å². The predicted molar refractivity (Wildman–Crippen MR) is 76.7 cm³/mol. The molecule has 0 saturated heterocycles. The van der Waals surface area contributed by atoms with Crippen molar-refractivity contribution in [1.82, 2.24) is 4.90 Å². The molecule has 0 radical (unpaired) electrons. The van der Waals surface area contributed by atoms with E-state index in [9.17, 15) is 4.79 Å². The molecule has 0 N–H and O–H groups in total. The third kappa shape index (κ3) is 3.07. The zero-order chi connectivity index (χ0) is 13.7. The Balaban J connectivity index is 3.09. The van der Waals surface area contributed by atoms with Crippen molar-refractivity contribution >= 4 is 22.9 Å². The highest BCUT2D eigenvalue weighted by Gasteiger charge is 2.30. The maximum absolute atomic E-state index is 12.1. The second-order valence-electron chi connectivity index (χ2n) is 4.20. The van der Waals surface area contributed by atoms with Crippen molar-refractivity contribution in [3.05, 3.63) is 11.3 Å². The average molecular weight is 270 g/mol. The minimum Gasteiger partial charge on any atom is -0.463 e. The zero-order valence-electron chi connectivity index (χ0n) is 11.8. The van der Waals surface area contributed by atoms with Gasteiger partial charge in [0.15, 0.2) is 5.17 Å². The Labute approximate surface area is 113 Å². The van der Waals surface area contributed by atoms with E-state index in [-0.39, 0.29) is 12.0 Å². The summed E-state index contributed by atoms with van der Waals surface area (Å²) in [5.74, 6) is -0.232. The molecule has 0 bridgehead atoms. The fourth-order valence-electron chi connectivity index (χ4n) is 2.01. The lowest BCUT2D eigenvalue weighted by atomic mass is 9.99. The molecule has 0 unspecified atom stereocenters. The molecule has 1 rings (SSSR count). The molecular weight excluding hydrogens is 248 g/mol. The van der Waals surface area contributed by atoms with Gasteiger partial charge in [-0.15, -0.1) is 0 Å². The Morgan fingerprint density at radius 1 is 1.50 bits per heavy atom. The van der Waals surface area contributed by atoms with E-state index in [1.807, 2.05) is 32.1 Å². The Bertz CT molecular complexity index is 377. The summed E-state index contributed by atoms with van der Waals surface area (Å²) in [5.41, 5.74) is 1.66. The van der Waals surface area contributed by atoms with Crippen LogP contribution in [-0.4, -0.2) is 42.0 Å². The maximum atomic E-state index is 12.1. The smallest absolute Gasteiger partial charge is 0.337 e. The summed E-state index contributed by atoms with van der Waals surface area (Å²) in [5, 5.41) is 0.957. The number of hydrogen-bond donors (Lipinski definition) is 0. The van der Waals surface area contributed by atoms with Crippen molar-refractivity contribution in [1.29, 1.82) is 0 Å². The van der Waals surface area contributed by atoms with Crippen LogP contribution < -0.4 is 0 Å². The molecule has 5 heteroatoms. The van der Waals surface area contributed by atoms with Gasteiger partial charge in [-0.2, -0.15) is 0 Å². The number of amidine groups is 1. The molecule has 1 heterocycles. The summed E-state index contributed by atoms with van der Waals surface area (Å²) in [7, 11) is 1.94. The van der Waals surface area contributed by atoms with Crippen LogP contribution in [0.4, 0.5) is 0 Å². The first-order valence-electron chi connectivity index (χ1n) is 6.30. The van der Waals surface area contributed by atoms with Crippen LogP contribution in [0, 0.1) is 0 Å². The molecule has 0 aromatic carbocycles. The molecule has 0 aromatic rings. The SMILES string of the molecule is CCC[C@H]1N=C(SC)N(C)C(C)=C1C(=O)OCC. The van der Waals surface area contributed by atoms with Crippen LogP contribution in [0.2, 0.25) is 0 Å². The summed E-state index contributed by atoms with van der Waals surface area (Å²) in [6, 6.07) is -0.0623. The molecular formula is C13H22N2O2S. The van der Waals surface area contributed by atoms with Crippen LogP contribution in [0.15, 0.2) is 16.3 Å². The summed E-state index contributed by atoms with van der Waals surface area (Å²) in [4.78, 5) is 18.7. The third-order valence-electron chi connectivity index (χ3n) is 3.02. The third-order valence-corrected chi connectivity index (χ3v) is 3.76. The number of hydrogen-bond acceptors (Lipinski definition) is 5. The minimum atomic E-state index is -0.232. The predicted octanol–water partition coefficient (Wildman–Crippen LogP) is 2.66. The second kappa shape index (κ2) is 6.83. The van der Waals surface area contributed by atoms with E-state index < -0.39 is 0 Å². The molecule has 0 spiro atoms. The van der Waals surface area contributed by atoms with Gasteiger partial charge in [0.05, 0.1) is 18.2 Å². The molecule has 0 fully saturated rings. The van der Waals surface area contributed by atoms with Crippen molar-refractivity contribution in [2.45, 2.75) is 39.7 Å². The van der Waals surface area contributed by atoms with E-state index in [2.05, 4.69) is 11.9 Å². The number of rotatable bonds is 4. The van der Waals surface area contributed by atoms with Gasteiger partial charge in [0, 0.05) is 12.7 Å². The molecule has 1 aliphatic rings. The van der Waals surface area contributed by atoms with Crippen LogP contribution in [-0.2, 0) is 9.53 Å². The lowest BCUT2D eigenvalue weighted by Crippen LogP contribution is -2.35. The molecule has 0 aliphatic carbocycles. The maximum Gasteiger partial charge on any atom is 0.337 e. The highest BCUT2D eigenvalue weighted by atomic mass is 32.2. The van der Waals surface area contributed by atoms with Crippen molar-refractivity contribution in [2.24, 2.45) is 4.99 Å². The van der Waals surface area contributed by atoms with E-state index >= 15 is 0 Å². The van der Waals surface area contributed by atoms with Crippen LogP contribution in [0.5, 0.6) is 0 Å². The van der Waals surface area contributed by atoms with Gasteiger partial charge >= 0.3 is 5.97 Å². The Hall–Kier alpha value is -0.970. The number of nitrogens with zero attached hydrogens (tertiary/aromatic N) is 2. The minimum absolute atomic E-state index is 0.0623. The normalized spacial score (nSPS) is 19.9.